The maximum atomic E-state index is 5.66. The Hall–Kier alpha value is 0.210. The molecule has 0 saturated heterocycles. The molecule has 1 saturated carbocycles. The predicted molar refractivity (Wildman–Crippen MR) is 39.9 cm³/mol. The van der Waals surface area contributed by atoms with E-state index in [0.29, 0.717) is 12.1 Å². The summed E-state index contributed by atoms with van der Waals surface area (Å²) in [6.45, 7) is 0. The van der Waals surface area contributed by atoms with Crippen LogP contribution in [0.2, 0.25) is 0 Å². The minimum atomic E-state index is 0. The van der Waals surface area contributed by atoms with Crippen LogP contribution in [0, 0.1) is 0 Å². The van der Waals surface area contributed by atoms with Gasteiger partial charge in [0, 0.05) is 13.2 Å². The van der Waals surface area contributed by atoms with E-state index in [1.807, 2.05) is 0 Å². The standard InChI is InChI=1S/C6H13NO.ClH/c1-8-6-4-2-3-5(6)7;/h5-6H,2-4,7H2,1H3;1H/t5-,6-;/m1./s1. The lowest BCUT2D eigenvalue weighted by molar-refractivity contribution is 0.0960. The van der Waals surface area contributed by atoms with Crippen molar-refractivity contribution in [3.05, 3.63) is 0 Å². The topological polar surface area (TPSA) is 35.2 Å². The van der Waals surface area contributed by atoms with E-state index in [4.69, 9.17) is 10.5 Å². The van der Waals surface area contributed by atoms with E-state index < -0.39 is 0 Å². The van der Waals surface area contributed by atoms with Gasteiger partial charge in [0.05, 0.1) is 6.10 Å². The van der Waals surface area contributed by atoms with Crippen LogP contribution in [0.5, 0.6) is 0 Å². The van der Waals surface area contributed by atoms with Crippen molar-refractivity contribution in [1.82, 2.24) is 0 Å². The zero-order valence-corrected chi connectivity index (χ0v) is 6.49. The molecule has 2 N–H and O–H groups in total. The highest BCUT2D eigenvalue weighted by Crippen LogP contribution is 2.18. The van der Waals surface area contributed by atoms with Crippen molar-refractivity contribution in [3.8, 4) is 0 Å². The lowest BCUT2D eigenvalue weighted by Gasteiger charge is -2.11. The Labute approximate surface area is 62.2 Å². The Bertz CT molecular complexity index is 79.5. The highest BCUT2D eigenvalue weighted by Gasteiger charge is 2.22. The van der Waals surface area contributed by atoms with E-state index in [-0.39, 0.29) is 12.4 Å². The highest BCUT2D eigenvalue weighted by atomic mass is 35.5. The zero-order chi connectivity index (χ0) is 5.98. The summed E-state index contributed by atoms with van der Waals surface area (Å²) in [5.74, 6) is 0. The third-order valence-electron chi connectivity index (χ3n) is 1.81. The Kier molecular flexibility index (Phi) is 4.19. The van der Waals surface area contributed by atoms with Crippen molar-refractivity contribution in [2.24, 2.45) is 5.73 Å². The summed E-state index contributed by atoms with van der Waals surface area (Å²) in [7, 11) is 1.73. The molecule has 0 spiro atoms. The number of nitrogens with two attached hydrogens (primary N) is 1. The van der Waals surface area contributed by atoms with Crippen molar-refractivity contribution in [2.45, 2.75) is 31.4 Å². The van der Waals surface area contributed by atoms with Gasteiger partial charge in [0.25, 0.3) is 0 Å². The molecule has 2 nitrogen and oxygen atoms in total. The molecule has 0 aromatic heterocycles. The van der Waals surface area contributed by atoms with Crippen LogP contribution in [0.1, 0.15) is 19.3 Å². The average molecular weight is 152 g/mol. The summed E-state index contributed by atoms with van der Waals surface area (Å²) in [4.78, 5) is 0. The van der Waals surface area contributed by atoms with Crippen molar-refractivity contribution in [1.29, 1.82) is 0 Å². The maximum absolute atomic E-state index is 5.66. The molecule has 1 rings (SSSR count). The molecular weight excluding hydrogens is 138 g/mol. The number of ether oxygens (including phenoxy) is 1. The monoisotopic (exact) mass is 151 g/mol. The lowest BCUT2D eigenvalue weighted by atomic mass is 10.2. The number of methoxy groups -OCH3 is 1. The van der Waals surface area contributed by atoms with Crippen LogP contribution in [-0.4, -0.2) is 19.3 Å². The van der Waals surface area contributed by atoms with Crippen molar-refractivity contribution in [3.63, 3.8) is 0 Å². The van der Waals surface area contributed by atoms with Gasteiger partial charge in [-0.05, 0) is 19.3 Å². The van der Waals surface area contributed by atoms with Crippen LogP contribution in [0.15, 0.2) is 0 Å². The fraction of sp³-hybridized carbons (Fsp3) is 1.00. The number of hydrogen-bond donors (Lipinski definition) is 1. The molecule has 0 radical (unpaired) electrons. The van der Waals surface area contributed by atoms with E-state index >= 15 is 0 Å². The van der Waals surface area contributed by atoms with Gasteiger partial charge in [-0.2, -0.15) is 0 Å². The number of hydrogen-bond acceptors (Lipinski definition) is 2. The maximum Gasteiger partial charge on any atom is 0.0722 e. The first-order valence-electron chi connectivity index (χ1n) is 3.13. The molecule has 0 aromatic carbocycles. The van der Waals surface area contributed by atoms with Crippen LogP contribution in [0.3, 0.4) is 0 Å². The van der Waals surface area contributed by atoms with Gasteiger partial charge in [0.1, 0.15) is 0 Å². The second-order valence-electron chi connectivity index (χ2n) is 2.37. The first kappa shape index (κ1) is 9.21. The zero-order valence-electron chi connectivity index (χ0n) is 5.67. The minimum absolute atomic E-state index is 0. The first-order valence-corrected chi connectivity index (χ1v) is 3.13. The summed E-state index contributed by atoms with van der Waals surface area (Å²) in [5.41, 5.74) is 5.66. The molecule has 3 heteroatoms. The smallest absolute Gasteiger partial charge is 0.0722 e. The Morgan fingerprint density at radius 2 is 2.11 bits per heavy atom. The lowest BCUT2D eigenvalue weighted by Crippen LogP contribution is -2.30. The van der Waals surface area contributed by atoms with Crippen molar-refractivity contribution in [2.75, 3.05) is 7.11 Å². The third kappa shape index (κ3) is 2.12. The van der Waals surface area contributed by atoms with Crippen LogP contribution in [0.4, 0.5) is 0 Å². The molecule has 1 fully saturated rings. The molecule has 0 aliphatic heterocycles. The molecule has 0 aromatic rings. The number of rotatable bonds is 1. The van der Waals surface area contributed by atoms with Crippen molar-refractivity contribution < 1.29 is 4.74 Å². The van der Waals surface area contributed by atoms with Gasteiger partial charge in [0.15, 0.2) is 0 Å². The fourth-order valence-corrected chi connectivity index (χ4v) is 1.25. The summed E-state index contributed by atoms with van der Waals surface area (Å²) in [6.07, 6.45) is 3.87. The second kappa shape index (κ2) is 4.09. The summed E-state index contributed by atoms with van der Waals surface area (Å²) in [6, 6.07) is 0.306. The van der Waals surface area contributed by atoms with Gasteiger partial charge in [0.2, 0.25) is 0 Å². The van der Waals surface area contributed by atoms with Gasteiger partial charge >= 0.3 is 0 Å². The van der Waals surface area contributed by atoms with Crippen LogP contribution in [-0.2, 0) is 4.74 Å². The van der Waals surface area contributed by atoms with E-state index in [9.17, 15) is 0 Å². The van der Waals surface area contributed by atoms with Gasteiger partial charge in [-0.1, -0.05) is 0 Å². The van der Waals surface area contributed by atoms with E-state index in [2.05, 4.69) is 0 Å². The quantitative estimate of drug-likeness (QED) is 0.606. The molecule has 0 bridgehead atoms. The van der Waals surface area contributed by atoms with Gasteiger partial charge in [-0.25, -0.2) is 0 Å². The molecule has 56 valence electrons. The SMILES string of the molecule is CO[C@@H]1CCC[C@H]1N.Cl. The normalized spacial score (nSPS) is 34.0. The molecular formula is C6H14ClNO. The second-order valence-corrected chi connectivity index (χ2v) is 2.37. The predicted octanol–water partition coefficient (Wildman–Crippen LogP) is 0.934. The largest absolute Gasteiger partial charge is 0.380 e. The molecule has 1 aliphatic carbocycles. The average Bonchev–Trinajstić information content (AvgIpc) is 2.14. The van der Waals surface area contributed by atoms with Crippen LogP contribution in [0.25, 0.3) is 0 Å². The summed E-state index contributed by atoms with van der Waals surface area (Å²) >= 11 is 0. The molecule has 9 heavy (non-hydrogen) atoms. The Balaban J connectivity index is 0.000000640. The van der Waals surface area contributed by atoms with Crippen LogP contribution >= 0.6 is 12.4 Å². The Morgan fingerprint density at radius 3 is 2.33 bits per heavy atom. The summed E-state index contributed by atoms with van der Waals surface area (Å²) in [5, 5.41) is 0. The third-order valence-corrected chi connectivity index (χ3v) is 1.81. The highest BCUT2D eigenvalue weighted by molar-refractivity contribution is 5.85. The van der Waals surface area contributed by atoms with Gasteiger partial charge in [-0.3, -0.25) is 0 Å². The molecule has 2 atom stereocenters. The fourth-order valence-electron chi connectivity index (χ4n) is 1.25. The van der Waals surface area contributed by atoms with E-state index in [1.54, 1.807) is 7.11 Å². The summed E-state index contributed by atoms with van der Waals surface area (Å²) < 4.78 is 5.10. The van der Waals surface area contributed by atoms with Gasteiger partial charge in [-0.15, -0.1) is 12.4 Å². The molecule has 0 unspecified atom stereocenters. The molecule has 1 aliphatic rings. The minimum Gasteiger partial charge on any atom is -0.380 e. The van der Waals surface area contributed by atoms with E-state index in [1.165, 1.54) is 6.42 Å². The Morgan fingerprint density at radius 1 is 1.44 bits per heavy atom. The van der Waals surface area contributed by atoms with E-state index in [0.717, 1.165) is 12.8 Å². The number of halogens is 1. The van der Waals surface area contributed by atoms with Crippen LogP contribution < -0.4 is 5.73 Å². The first-order chi connectivity index (χ1) is 3.84. The molecule has 0 amide bonds. The molecule has 0 heterocycles. The van der Waals surface area contributed by atoms with Gasteiger partial charge < -0.3 is 10.5 Å². The van der Waals surface area contributed by atoms with Crippen molar-refractivity contribution >= 4 is 12.4 Å².